The minimum atomic E-state index is -0.765. The van der Waals surface area contributed by atoms with Crippen LogP contribution in [0.1, 0.15) is 6.42 Å². The van der Waals surface area contributed by atoms with Crippen molar-refractivity contribution >= 4 is 43.6 Å². The number of thiophene rings is 1. The van der Waals surface area contributed by atoms with Crippen molar-refractivity contribution in [3.63, 3.8) is 0 Å². The van der Waals surface area contributed by atoms with E-state index in [0.29, 0.717) is 19.6 Å². The predicted molar refractivity (Wildman–Crippen MR) is 70.3 cm³/mol. The van der Waals surface area contributed by atoms with Crippen molar-refractivity contribution in [1.82, 2.24) is 0 Å². The van der Waals surface area contributed by atoms with Gasteiger partial charge in [-0.2, -0.15) is 0 Å². The first kappa shape index (κ1) is 14.8. The summed E-state index contributed by atoms with van der Waals surface area (Å²) >= 11 is 3.90. The van der Waals surface area contributed by atoms with Crippen molar-refractivity contribution in [2.75, 3.05) is 25.6 Å². The van der Waals surface area contributed by atoms with Gasteiger partial charge in [0.05, 0.1) is 9.85 Å². The highest BCUT2D eigenvalue weighted by Crippen LogP contribution is 2.48. The van der Waals surface area contributed by atoms with Crippen LogP contribution in [0.3, 0.4) is 0 Å². The van der Waals surface area contributed by atoms with Crippen LogP contribution in [0.4, 0.5) is 16.4 Å². The van der Waals surface area contributed by atoms with Crippen LogP contribution in [0.2, 0.25) is 0 Å². The van der Waals surface area contributed by atoms with E-state index in [-0.39, 0.29) is 8.79 Å². The second kappa shape index (κ2) is 6.61. The Hall–Kier alpha value is -1.26. The van der Waals surface area contributed by atoms with Gasteiger partial charge in [0.2, 0.25) is 0 Å². The van der Waals surface area contributed by atoms with Gasteiger partial charge in [-0.05, 0) is 22.4 Å². The number of nitrogens with one attached hydrogen (secondary N) is 1. The summed E-state index contributed by atoms with van der Waals surface area (Å²) < 4.78 is 4.97. The molecule has 0 bridgehead atoms. The highest BCUT2D eigenvalue weighted by Gasteiger charge is 2.35. The van der Waals surface area contributed by atoms with Crippen molar-refractivity contribution in [3.8, 4) is 0 Å². The van der Waals surface area contributed by atoms with E-state index in [9.17, 15) is 20.2 Å². The van der Waals surface area contributed by atoms with Crippen molar-refractivity contribution in [1.29, 1.82) is 0 Å². The summed E-state index contributed by atoms with van der Waals surface area (Å²) in [5.41, 5.74) is -1.02. The predicted octanol–water partition coefficient (Wildman–Crippen LogP) is 2.78. The molecule has 1 rings (SSSR count). The molecule has 0 saturated carbocycles. The molecule has 0 amide bonds. The van der Waals surface area contributed by atoms with Crippen LogP contribution in [-0.4, -0.2) is 30.1 Å². The molecule has 0 radical (unpaired) electrons. The zero-order valence-electron chi connectivity index (χ0n) is 9.34. The summed E-state index contributed by atoms with van der Waals surface area (Å²) in [5.74, 6) is 0. The standard InChI is InChI=1S/C8H10BrN3O5S/c1-17-4-2-3-10-8-6(12(15)16)5(11(13)14)7(9)18-8/h10H,2-4H2,1H3. The van der Waals surface area contributed by atoms with Crippen LogP contribution < -0.4 is 5.32 Å². The van der Waals surface area contributed by atoms with Crippen LogP contribution >= 0.6 is 27.3 Å². The lowest BCUT2D eigenvalue weighted by atomic mass is 10.4. The molecule has 1 aromatic heterocycles. The molecule has 0 aromatic carbocycles. The Balaban J connectivity index is 2.94. The Morgan fingerprint density at radius 1 is 1.33 bits per heavy atom. The molecule has 1 N–H and O–H groups in total. The summed E-state index contributed by atoms with van der Waals surface area (Å²) in [5, 5.41) is 24.6. The van der Waals surface area contributed by atoms with Gasteiger partial charge in [-0.25, -0.2) is 0 Å². The lowest BCUT2D eigenvalue weighted by Crippen LogP contribution is -2.05. The zero-order valence-corrected chi connectivity index (χ0v) is 11.7. The molecule has 1 aromatic rings. The fourth-order valence-electron chi connectivity index (χ4n) is 1.25. The maximum absolute atomic E-state index is 10.9. The molecule has 0 saturated heterocycles. The highest BCUT2D eigenvalue weighted by molar-refractivity contribution is 9.11. The lowest BCUT2D eigenvalue weighted by Gasteiger charge is -2.01. The average Bonchev–Trinajstić information content (AvgIpc) is 2.61. The molecule has 0 fully saturated rings. The third-order valence-electron chi connectivity index (χ3n) is 1.99. The molecule has 0 aliphatic heterocycles. The minimum absolute atomic E-state index is 0.133. The van der Waals surface area contributed by atoms with Gasteiger partial charge in [-0.1, -0.05) is 11.3 Å². The number of ether oxygens (including phenoxy) is 1. The normalized spacial score (nSPS) is 10.3. The van der Waals surface area contributed by atoms with E-state index in [1.54, 1.807) is 7.11 Å². The molecule has 0 aliphatic rings. The van der Waals surface area contributed by atoms with E-state index in [0.717, 1.165) is 11.3 Å². The summed E-state index contributed by atoms with van der Waals surface area (Å²) in [6.45, 7) is 0.953. The smallest absolute Gasteiger partial charge is 0.381 e. The van der Waals surface area contributed by atoms with E-state index in [2.05, 4.69) is 21.2 Å². The molecule has 0 spiro atoms. The molecule has 10 heteroatoms. The minimum Gasteiger partial charge on any atom is -0.385 e. The summed E-state index contributed by atoms with van der Waals surface area (Å²) in [6, 6.07) is 0. The van der Waals surface area contributed by atoms with Gasteiger partial charge in [-0.3, -0.25) is 20.2 Å². The second-order valence-electron chi connectivity index (χ2n) is 3.19. The molecule has 100 valence electrons. The first-order valence-corrected chi connectivity index (χ1v) is 6.43. The van der Waals surface area contributed by atoms with Gasteiger partial charge in [0, 0.05) is 20.3 Å². The highest BCUT2D eigenvalue weighted by atomic mass is 79.9. The number of nitro groups is 2. The van der Waals surface area contributed by atoms with Gasteiger partial charge >= 0.3 is 11.4 Å². The SMILES string of the molecule is COCCCNc1sc(Br)c([N+](=O)[O-])c1[N+](=O)[O-]. The molecular formula is C8H10BrN3O5S. The molecule has 18 heavy (non-hydrogen) atoms. The van der Waals surface area contributed by atoms with E-state index in [4.69, 9.17) is 4.74 Å². The number of halogens is 1. The Morgan fingerprint density at radius 3 is 2.44 bits per heavy atom. The summed E-state index contributed by atoms with van der Waals surface area (Å²) in [4.78, 5) is 20.1. The van der Waals surface area contributed by atoms with E-state index < -0.39 is 21.2 Å². The average molecular weight is 340 g/mol. The maximum atomic E-state index is 10.9. The molecule has 0 aliphatic carbocycles. The Morgan fingerprint density at radius 2 is 1.94 bits per heavy atom. The second-order valence-corrected chi connectivity index (χ2v) is 5.53. The first-order chi connectivity index (χ1) is 8.49. The van der Waals surface area contributed by atoms with Crippen LogP contribution in [0.25, 0.3) is 0 Å². The Labute approximate surface area is 114 Å². The van der Waals surface area contributed by atoms with Crippen LogP contribution in [-0.2, 0) is 4.74 Å². The number of methoxy groups -OCH3 is 1. The van der Waals surface area contributed by atoms with Crippen molar-refractivity contribution < 1.29 is 14.6 Å². The molecule has 8 nitrogen and oxygen atoms in total. The van der Waals surface area contributed by atoms with Crippen LogP contribution in [0, 0.1) is 20.2 Å². The Bertz CT molecular complexity index is 464. The topological polar surface area (TPSA) is 108 Å². The van der Waals surface area contributed by atoms with E-state index in [1.807, 2.05) is 0 Å². The van der Waals surface area contributed by atoms with Crippen molar-refractivity contribution in [2.24, 2.45) is 0 Å². The number of nitrogens with zero attached hydrogens (tertiary/aromatic N) is 2. The summed E-state index contributed by atoms with van der Waals surface area (Å²) in [7, 11) is 1.55. The number of anilines is 1. The fourth-order valence-corrected chi connectivity index (χ4v) is 2.96. The quantitative estimate of drug-likeness (QED) is 0.464. The van der Waals surface area contributed by atoms with Gasteiger partial charge in [0.1, 0.15) is 0 Å². The maximum Gasteiger partial charge on any atom is 0.381 e. The molecule has 0 atom stereocenters. The van der Waals surface area contributed by atoms with E-state index in [1.165, 1.54) is 0 Å². The van der Waals surface area contributed by atoms with Gasteiger partial charge in [0.15, 0.2) is 8.79 Å². The van der Waals surface area contributed by atoms with Gasteiger partial charge in [-0.15, -0.1) is 0 Å². The monoisotopic (exact) mass is 339 g/mol. The number of rotatable bonds is 7. The van der Waals surface area contributed by atoms with Crippen molar-refractivity contribution in [2.45, 2.75) is 6.42 Å². The first-order valence-electron chi connectivity index (χ1n) is 4.83. The van der Waals surface area contributed by atoms with Gasteiger partial charge in [0.25, 0.3) is 0 Å². The molecule has 1 heterocycles. The number of hydrogen-bond donors (Lipinski definition) is 1. The fraction of sp³-hybridized carbons (Fsp3) is 0.500. The van der Waals surface area contributed by atoms with Crippen LogP contribution in [0.15, 0.2) is 3.79 Å². The third-order valence-corrected chi connectivity index (χ3v) is 3.77. The van der Waals surface area contributed by atoms with E-state index >= 15 is 0 Å². The third kappa shape index (κ3) is 3.37. The zero-order chi connectivity index (χ0) is 13.7. The Kier molecular flexibility index (Phi) is 5.44. The van der Waals surface area contributed by atoms with Gasteiger partial charge < -0.3 is 10.1 Å². The summed E-state index contributed by atoms with van der Waals surface area (Å²) in [6.07, 6.45) is 0.650. The lowest BCUT2D eigenvalue weighted by molar-refractivity contribution is -0.421. The number of hydrogen-bond acceptors (Lipinski definition) is 7. The van der Waals surface area contributed by atoms with Crippen molar-refractivity contribution in [3.05, 3.63) is 24.0 Å². The molecular weight excluding hydrogens is 330 g/mol. The van der Waals surface area contributed by atoms with Crippen LogP contribution in [0.5, 0.6) is 0 Å². The molecule has 0 unspecified atom stereocenters. The largest absolute Gasteiger partial charge is 0.385 e.